The second kappa shape index (κ2) is 3.26. The van der Waals surface area contributed by atoms with Crippen LogP contribution in [0.5, 0.6) is 0 Å². The standard InChI is InChI=1S/C10H14ClNS/c1-10(2)5-7(6-12-10)8-3-4-9(11)13-8/h3-4,7,12H,5-6H2,1-2H3. The van der Waals surface area contributed by atoms with E-state index in [2.05, 4.69) is 25.2 Å². The molecule has 1 fully saturated rings. The van der Waals surface area contributed by atoms with E-state index in [-0.39, 0.29) is 0 Å². The van der Waals surface area contributed by atoms with Gasteiger partial charge < -0.3 is 5.32 Å². The Bertz CT molecular complexity index is 306. The lowest BCUT2D eigenvalue weighted by molar-refractivity contribution is 0.456. The molecule has 1 aliphatic heterocycles. The van der Waals surface area contributed by atoms with Gasteiger partial charge in [0.25, 0.3) is 0 Å². The average Bonchev–Trinajstić information content (AvgIpc) is 2.56. The summed E-state index contributed by atoms with van der Waals surface area (Å²) in [4.78, 5) is 1.42. The van der Waals surface area contributed by atoms with E-state index in [1.807, 2.05) is 6.07 Å². The number of nitrogens with one attached hydrogen (secondary N) is 1. The predicted molar refractivity (Wildman–Crippen MR) is 58.8 cm³/mol. The van der Waals surface area contributed by atoms with Crippen molar-refractivity contribution in [2.45, 2.75) is 31.7 Å². The summed E-state index contributed by atoms with van der Waals surface area (Å²) in [7, 11) is 0. The molecule has 1 N–H and O–H groups in total. The van der Waals surface area contributed by atoms with E-state index in [4.69, 9.17) is 11.6 Å². The van der Waals surface area contributed by atoms with Crippen molar-refractivity contribution in [3.05, 3.63) is 21.3 Å². The summed E-state index contributed by atoms with van der Waals surface area (Å²) in [5.74, 6) is 0.660. The second-order valence-corrected chi connectivity index (χ2v) is 6.05. The van der Waals surface area contributed by atoms with E-state index in [9.17, 15) is 0 Å². The number of halogens is 1. The Kier molecular flexibility index (Phi) is 2.39. The topological polar surface area (TPSA) is 12.0 Å². The summed E-state index contributed by atoms with van der Waals surface area (Å²) in [6.45, 7) is 5.59. The van der Waals surface area contributed by atoms with Gasteiger partial charge in [0.2, 0.25) is 0 Å². The third-order valence-electron chi connectivity index (χ3n) is 2.58. The van der Waals surface area contributed by atoms with Gasteiger partial charge in [-0.05, 0) is 32.4 Å². The van der Waals surface area contributed by atoms with Gasteiger partial charge >= 0.3 is 0 Å². The van der Waals surface area contributed by atoms with Crippen LogP contribution in [0.3, 0.4) is 0 Å². The third kappa shape index (κ3) is 2.06. The Labute approximate surface area is 88.1 Å². The summed E-state index contributed by atoms with van der Waals surface area (Å²) in [6, 6.07) is 4.15. The minimum absolute atomic E-state index is 0.293. The summed E-state index contributed by atoms with van der Waals surface area (Å²) in [5, 5.41) is 3.52. The van der Waals surface area contributed by atoms with Gasteiger partial charge in [-0.15, -0.1) is 11.3 Å². The van der Waals surface area contributed by atoms with Gasteiger partial charge in [0.1, 0.15) is 0 Å². The van der Waals surface area contributed by atoms with Crippen LogP contribution in [0.2, 0.25) is 4.34 Å². The first-order valence-electron chi connectivity index (χ1n) is 4.57. The molecule has 1 unspecified atom stereocenters. The van der Waals surface area contributed by atoms with Gasteiger partial charge in [0, 0.05) is 22.9 Å². The van der Waals surface area contributed by atoms with Crippen molar-refractivity contribution in [1.82, 2.24) is 5.32 Å². The van der Waals surface area contributed by atoms with Crippen molar-refractivity contribution in [1.29, 1.82) is 0 Å². The SMILES string of the molecule is CC1(C)CC(c2ccc(Cl)s2)CN1. The summed E-state index contributed by atoms with van der Waals surface area (Å²) < 4.78 is 0.903. The molecule has 1 saturated heterocycles. The molecule has 2 heterocycles. The van der Waals surface area contributed by atoms with Crippen LogP contribution in [-0.2, 0) is 0 Å². The molecule has 3 heteroatoms. The minimum atomic E-state index is 0.293. The molecule has 0 bridgehead atoms. The maximum atomic E-state index is 5.91. The van der Waals surface area contributed by atoms with Crippen molar-refractivity contribution >= 4 is 22.9 Å². The first kappa shape index (κ1) is 9.50. The Morgan fingerprint density at radius 3 is 2.77 bits per heavy atom. The van der Waals surface area contributed by atoms with Crippen LogP contribution in [0.15, 0.2) is 12.1 Å². The molecular formula is C10H14ClNS. The van der Waals surface area contributed by atoms with E-state index < -0.39 is 0 Å². The maximum Gasteiger partial charge on any atom is 0.0931 e. The van der Waals surface area contributed by atoms with Gasteiger partial charge in [-0.25, -0.2) is 0 Å². The Hall–Kier alpha value is -0.0500. The van der Waals surface area contributed by atoms with E-state index in [1.54, 1.807) is 11.3 Å². The average molecular weight is 216 g/mol. The normalized spacial score (nSPS) is 26.5. The highest BCUT2D eigenvalue weighted by Gasteiger charge is 2.31. The number of hydrogen-bond donors (Lipinski definition) is 1. The smallest absolute Gasteiger partial charge is 0.0931 e. The van der Waals surface area contributed by atoms with Gasteiger partial charge in [-0.1, -0.05) is 11.6 Å². The first-order valence-corrected chi connectivity index (χ1v) is 5.76. The molecule has 0 aliphatic carbocycles. The molecule has 1 nitrogen and oxygen atoms in total. The van der Waals surface area contributed by atoms with Crippen LogP contribution in [-0.4, -0.2) is 12.1 Å². The molecular weight excluding hydrogens is 202 g/mol. The van der Waals surface area contributed by atoms with Crippen molar-refractivity contribution < 1.29 is 0 Å². The summed E-state index contributed by atoms with van der Waals surface area (Å²) in [6.07, 6.45) is 1.21. The zero-order valence-electron chi connectivity index (χ0n) is 7.93. The largest absolute Gasteiger partial charge is 0.311 e. The fraction of sp³-hybridized carbons (Fsp3) is 0.600. The van der Waals surface area contributed by atoms with E-state index in [1.165, 1.54) is 11.3 Å². The van der Waals surface area contributed by atoms with Crippen molar-refractivity contribution in [2.24, 2.45) is 0 Å². The molecule has 0 aromatic carbocycles. The lowest BCUT2D eigenvalue weighted by atomic mass is 9.96. The second-order valence-electron chi connectivity index (χ2n) is 4.31. The Morgan fingerprint density at radius 1 is 1.54 bits per heavy atom. The molecule has 2 rings (SSSR count). The molecule has 0 spiro atoms. The lowest BCUT2D eigenvalue weighted by Crippen LogP contribution is -2.31. The van der Waals surface area contributed by atoms with Crippen molar-refractivity contribution in [3.63, 3.8) is 0 Å². The number of hydrogen-bond acceptors (Lipinski definition) is 2. The molecule has 1 atom stereocenters. The van der Waals surface area contributed by atoms with Crippen LogP contribution >= 0.6 is 22.9 Å². The van der Waals surface area contributed by atoms with Gasteiger partial charge in [0.15, 0.2) is 0 Å². The van der Waals surface area contributed by atoms with Crippen molar-refractivity contribution in [2.75, 3.05) is 6.54 Å². The fourth-order valence-corrected chi connectivity index (χ4v) is 3.07. The van der Waals surface area contributed by atoms with Crippen LogP contribution in [0.4, 0.5) is 0 Å². The molecule has 1 aliphatic rings. The highest BCUT2D eigenvalue weighted by Crippen LogP contribution is 2.36. The summed E-state index contributed by atoms with van der Waals surface area (Å²) in [5.41, 5.74) is 0.293. The van der Waals surface area contributed by atoms with Gasteiger partial charge in [-0.2, -0.15) is 0 Å². The fourth-order valence-electron chi connectivity index (χ4n) is 1.91. The van der Waals surface area contributed by atoms with Crippen LogP contribution < -0.4 is 5.32 Å². The monoisotopic (exact) mass is 215 g/mol. The first-order chi connectivity index (χ1) is 6.07. The zero-order chi connectivity index (χ0) is 9.47. The molecule has 0 amide bonds. The highest BCUT2D eigenvalue weighted by atomic mass is 35.5. The Balaban J connectivity index is 2.12. The van der Waals surface area contributed by atoms with Crippen molar-refractivity contribution in [3.8, 4) is 0 Å². The molecule has 0 radical (unpaired) electrons. The quantitative estimate of drug-likeness (QED) is 0.759. The van der Waals surface area contributed by atoms with Gasteiger partial charge in [0.05, 0.1) is 4.34 Å². The summed E-state index contributed by atoms with van der Waals surface area (Å²) >= 11 is 7.62. The number of thiophene rings is 1. The molecule has 1 aromatic heterocycles. The zero-order valence-corrected chi connectivity index (χ0v) is 9.50. The number of rotatable bonds is 1. The predicted octanol–water partition coefficient (Wildman–Crippen LogP) is 3.26. The lowest BCUT2D eigenvalue weighted by Gasteiger charge is -2.16. The molecule has 13 heavy (non-hydrogen) atoms. The van der Waals surface area contributed by atoms with Crippen LogP contribution in [0.1, 0.15) is 31.1 Å². The molecule has 0 saturated carbocycles. The van der Waals surface area contributed by atoms with Gasteiger partial charge in [-0.3, -0.25) is 0 Å². The van der Waals surface area contributed by atoms with E-state index in [0.717, 1.165) is 10.9 Å². The molecule has 1 aromatic rings. The van der Waals surface area contributed by atoms with Crippen LogP contribution in [0, 0.1) is 0 Å². The Morgan fingerprint density at radius 2 is 2.31 bits per heavy atom. The maximum absolute atomic E-state index is 5.91. The van der Waals surface area contributed by atoms with E-state index in [0.29, 0.717) is 11.5 Å². The van der Waals surface area contributed by atoms with E-state index >= 15 is 0 Å². The third-order valence-corrected chi connectivity index (χ3v) is 3.97. The minimum Gasteiger partial charge on any atom is -0.311 e. The van der Waals surface area contributed by atoms with Crippen LogP contribution in [0.25, 0.3) is 0 Å². The molecule has 72 valence electrons. The highest BCUT2D eigenvalue weighted by molar-refractivity contribution is 7.16.